The fourth-order valence-corrected chi connectivity index (χ4v) is 6.08. The Morgan fingerprint density at radius 1 is 1.15 bits per heavy atom. The quantitative estimate of drug-likeness (QED) is 0.578. The average molecular weight is 468 g/mol. The van der Waals surface area contributed by atoms with E-state index in [1.807, 2.05) is 0 Å². The van der Waals surface area contributed by atoms with Crippen LogP contribution in [0, 0.1) is 0 Å². The first-order valence-electron chi connectivity index (χ1n) is 10.9. The van der Waals surface area contributed by atoms with Crippen molar-refractivity contribution in [1.29, 1.82) is 0 Å². The third kappa shape index (κ3) is 3.87. The highest BCUT2D eigenvalue weighted by Gasteiger charge is 2.31. The zero-order valence-electron chi connectivity index (χ0n) is 18.2. The van der Waals surface area contributed by atoms with E-state index in [0.29, 0.717) is 55.3 Å². The van der Waals surface area contributed by atoms with Crippen LogP contribution in [0.1, 0.15) is 34.5 Å². The van der Waals surface area contributed by atoms with Gasteiger partial charge in [-0.1, -0.05) is 18.2 Å². The van der Waals surface area contributed by atoms with Crippen LogP contribution in [-0.4, -0.2) is 57.5 Å². The third-order valence-electron chi connectivity index (χ3n) is 6.28. The van der Waals surface area contributed by atoms with Crippen LogP contribution in [0.3, 0.4) is 0 Å². The van der Waals surface area contributed by atoms with Crippen molar-refractivity contribution in [2.45, 2.75) is 36.6 Å². The molecular weight excluding hydrogens is 442 g/mol. The Morgan fingerprint density at radius 2 is 1.88 bits per heavy atom. The summed E-state index contributed by atoms with van der Waals surface area (Å²) < 4.78 is 28.9. The molecule has 5 rings (SSSR count). The molecule has 1 aliphatic heterocycles. The summed E-state index contributed by atoms with van der Waals surface area (Å²) in [5.74, 6) is -0.0623. The highest BCUT2D eigenvalue weighted by Crippen LogP contribution is 2.34. The predicted molar refractivity (Wildman–Crippen MR) is 122 cm³/mol. The van der Waals surface area contributed by atoms with Gasteiger partial charge in [-0.2, -0.15) is 9.40 Å². The minimum Gasteiger partial charge on any atom is -0.364 e. The largest absolute Gasteiger partial charge is 0.364 e. The molecule has 1 amide bonds. The number of hydrogen-bond donors (Lipinski definition) is 2. The van der Waals surface area contributed by atoms with Crippen molar-refractivity contribution >= 4 is 21.9 Å². The summed E-state index contributed by atoms with van der Waals surface area (Å²) in [4.78, 5) is 21.3. The normalized spacial score (nSPS) is 16.8. The molecule has 0 unspecified atom stereocenters. The first-order chi connectivity index (χ1) is 15.8. The number of nitrogens with two attached hydrogens (primary N) is 1. The van der Waals surface area contributed by atoms with Crippen LogP contribution in [0.4, 0.5) is 5.95 Å². The Kier molecular flexibility index (Phi) is 5.37. The number of rotatable bonds is 5. The summed E-state index contributed by atoms with van der Waals surface area (Å²) in [5.41, 5.74) is 9.15. The van der Waals surface area contributed by atoms with Crippen molar-refractivity contribution in [1.82, 2.24) is 24.1 Å². The molecule has 33 heavy (non-hydrogen) atoms. The van der Waals surface area contributed by atoms with Crippen molar-refractivity contribution in [2.24, 2.45) is 12.8 Å². The summed E-state index contributed by atoms with van der Waals surface area (Å²) in [6.45, 7) is 0.849. The van der Waals surface area contributed by atoms with Gasteiger partial charge in [0.2, 0.25) is 16.0 Å². The monoisotopic (exact) mass is 467 g/mol. The number of anilines is 1. The Labute approximate surface area is 191 Å². The van der Waals surface area contributed by atoms with Crippen LogP contribution in [0.5, 0.6) is 0 Å². The average Bonchev–Trinajstić information content (AvgIpc) is 3.17. The zero-order chi connectivity index (χ0) is 23.2. The van der Waals surface area contributed by atoms with Gasteiger partial charge in [-0.15, -0.1) is 0 Å². The number of carbonyl (C=O) groups is 1. The van der Waals surface area contributed by atoms with Gasteiger partial charge in [0.05, 0.1) is 16.3 Å². The number of carbonyl (C=O) groups excluding carboxylic acids is 1. The van der Waals surface area contributed by atoms with E-state index in [9.17, 15) is 13.2 Å². The molecule has 1 fully saturated rings. The molecule has 0 spiro atoms. The van der Waals surface area contributed by atoms with Gasteiger partial charge in [0.15, 0.2) is 5.69 Å². The first kappa shape index (κ1) is 21.5. The lowest BCUT2D eigenvalue weighted by atomic mass is 9.93. The summed E-state index contributed by atoms with van der Waals surface area (Å²) in [5, 5.41) is 7.65. The standard InChI is InChI=1S/C22H25N7O3S/c1-28-20-17(19(27-28)21(23)30)8-7-14-13-24-22(26-18(14)20)25-15-9-11-29(12-10-15)33(31,32)16-5-3-2-4-6-16/h2-6,13,15H,7-12H2,1H3,(H2,23,30)(H,24,25,26). The molecule has 10 nitrogen and oxygen atoms in total. The molecule has 1 aromatic carbocycles. The van der Waals surface area contributed by atoms with Gasteiger partial charge in [-0.3, -0.25) is 9.48 Å². The summed E-state index contributed by atoms with van der Waals surface area (Å²) >= 11 is 0. The molecule has 3 aromatic rings. The van der Waals surface area contributed by atoms with Gasteiger partial charge in [-0.05, 0) is 43.4 Å². The molecule has 0 radical (unpaired) electrons. The molecule has 2 aromatic heterocycles. The van der Waals surface area contributed by atoms with E-state index in [-0.39, 0.29) is 6.04 Å². The number of sulfonamides is 1. The van der Waals surface area contributed by atoms with Gasteiger partial charge < -0.3 is 11.1 Å². The molecule has 1 saturated heterocycles. The first-order valence-corrected chi connectivity index (χ1v) is 12.3. The minimum absolute atomic E-state index is 0.0565. The number of benzene rings is 1. The van der Waals surface area contributed by atoms with Crippen LogP contribution in [0.2, 0.25) is 0 Å². The number of nitrogens with one attached hydrogen (secondary N) is 1. The number of amides is 1. The molecule has 2 aliphatic rings. The molecule has 0 saturated carbocycles. The van der Waals surface area contributed by atoms with Gasteiger partial charge >= 0.3 is 0 Å². The number of hydrogen-bond acceptors (Lipinski definition) is 7. The number of aromatic nitrogens is 4. The Morgan fingerprint density at radius 3 is 2.58 bits per heavy atom. The summed E-state index contributed by atoms with van der Waals surface area (Å²) in [7, 11) is -1.71. The molecule has 11 heteroatoms. The fourth-order valence-electron chi connectivity index (χ4n) is 4.59. The van der Waals surface area contributed by atoms with E-state index in [1.54, 1.807) is 48.3 Å². The lowest BCUT2D eigenvalue weighted by Crippen LogP contribution is -2.42. The molecule has 1 aliphatic carbocycles. The highest BCUT2D eigenvalue weighted by molar-refractivity contribution is 7.89. The molecular formula is C22H25N7O3S. The van der Waals surface area contributed by atoms with Crippen LogP contribution < -0.4 is 11.1 Å². The maximum absolute atomic E-state index is 12.9. The second-order valence-corrected chi connectivity index (χ2v) is 10.3. The summed E-state index contributed by atoms with van der Waals surface area (Å²) in [6.07, 6.45) is 4.48. The Bertz CT molecular complexity index is 1310. The lowest BCUT2D eigenvalue weighted by Gasteiger charge is -2.31. The molecule has 0 atom stereocenters. The van der Waals surface area contributed by atoms with Crippen molar-refractivity contribution in [3.05, 3.63) is 53.3 Å². The van der Waals surface area contributed by atoms with Crippen LogP contribution >= 0.6 is 0 Å². The van der Waals surface area contributed by atoms with Gasteiger partial charge in [0, 0.05) is 37.9 Å². The fraction of sp³-hybridized carbons (Fsp3) is 0.364. The van der Waals surface area contributed by atoms with Crippen LogP contribution in [0.15, 0.2) is 41.4 Å². The number of fused-ring (bicyclic) bond motifs is 3. The van der Waals surface area contributed by atoms with Gasteiger partial charge in [-0.25, -0.2) is 18.4 Å². The molecule has 172 valence electrons. The third-order valence-corrected chi connectivity index (χ3v) is 8.19. The smallest absolute Gasteiger partial charge is 0.269 e. The molecule has 3 N–H and O–H groups in total. The number of nitrogens with zero attached hydrogens (tertiary/aromatic N) is 5. The lowest BCUT2D eigenvalue weighted by molar-refractivity contribution is 0.0994. The van der Waals surface area contributed by atoms with Crippen LogP contribution in [-0.2, 0) is 29.9 Å². The number of primary amides is 1. The van der Waals surface area contributed by atoms with Crippen molar-refractivity contribution < 1.29 is 13.2 Å². The van der Waals surface area contributed by atoms with Crippen molar-refractivity contribution in [2.75, 3.05) is 18.4 Å². The minimum atomic E-state index is -3.49. The highest BCUT2D eigenvalue weighted by atomic mass is 32.2. The van der Waals surface area contributed by atoms with Crippen molar-refractivity contribution in [3.63, 3.8) is 0 Å². The van der Waals surface area contributed by atoms with Crippen LogP contribution in [0.25, 0.3) is 11.4 Å². The maximum Gasteiger partial charge on any atom is 0.269 e. The molecule has 0 bridgehead atoms. The van der Waals surface area contributed by atoms with E-state index >= 15 is 0 Å². The Balaban J connectivity index is 1.31. The second-order valence-electron chi connectivity index (χ2n) is 8.37. The molecule has 3 heterocycles. The number of piperidine rings is 1. The van der Waals surface area contributed by atoms with E-state index in [0.717, 1.165) is 22.5 Å². The zero-order valence-corrected chi connectivity index (χ0v) is 19.0. The summed E-state index contributed by atoms with van der Waals surface area (Å²) in [6, 6.07) is 8.56. The van der Waals surface area contributed by atoms with E-state index in [1.165, 1.54) is 4.31 Å². The van der Waals surface area contributed by atoms with E-state index in [4.69, 9.17) is 10.7 Å². The van der Waals surface area contributed by atoms with Gasteiger partial charge in [0.1, 0.15) is 0 Å². The van der Waals surface area contributed by atoms with E-state index < -0.39 is 15.9 Å². The second kappa shape index (κ2) is 8.23. The number of aryl methyl sites for hydroxylation is 2. The Hall–Kier alpha value is -3.31. The topological polar surface area (TPSA) is 136 Å². The van der Waals surface area contributed by atoms with Crippen molar-refractivity contribution in [3.8, 4) is 11.4 Å². The maximum atomic E-state index is 12.9. The SMILES string of the molecule is Cn1nc(C(N)=O)c2c1-c1nc(NC3CCN(S(=O)(=O)c4ccccc4)CC3)ncc1CC2. The van der Waals surface area contributed by atoms with Gasteiger partial charge in [0.25, 0.3) is 5.91 Å². The predicted octanol–water partition coefficient (Wildman–Crippen LogP) is 1.34. The van der Waals surface area contributed by atoms with E-state index in [2.05, 4.69) is 15.4 Å².